The summed E-state index contributed by atoms with van der Waals surface area (Å²) in [4.78, 5) is 29.6. The van der Waals surface area contributed by atoms with Crippen LogP contribution < -0.4 is 15.9 Å². The minimum Gasteiger partial charge on any atom is -0.497 e. The molecule has 0 saturated carbocycles. The molecule has 0 aromatic heterocycles. The first-order chi connectivity index (χ1) is 15.9. The fourth-order valence-electron chi connectivity index (χ4n) is 2.88. The van der Waals surface area contributed by atoms with Crippen molar-refractivity contribution in [1.29, 1.82) is 0 Å². The molecule has 0 spiro atoms. The highest BCUT2D eigenvalue weighted by Gasteiger charge is 2.37. The number of hydrazone groups is 1. The quantitative estimate of drug-likeness (QED) is 0.411. The van der Waals surface area contributed by atoms with Crippen LogP contribution in [-0.2, 0) is 23.8 Å². The number of carbonyl (C=O) groups is 2. The monoisotopic (exact) mass is 492 g/mol. The van der Waals surface area contributed by atoms with Crippen LogP contribution in [0.4, 0.5) is 0 Å². The summed E-state index contributed by atoms with van der Waals surface area (Å²) in [5.74, 6) is -0.211. The zero-order valence-corrected chi connectivity index (χ0v) is 20.2. The van der Waals surface area contributed by atoms with Gasteiger partial charge in [-0.3, -0.25) is 0 Å². The first-order valence-corrected chi connectivity index (χ1v) is 12.1. The second-order valence-electron chi connectivity index (χ2n) is 6.39. The van der Waals surface area contributed by atoms with E-state index in [2.05, 4.69) is 15.5 Å². The Morgan fingerprint density at radius 2 is 1.91 bits per heavy atom. The summed E-state index contributed by atoms with van der Waals surface area (Å²) in [5, 5.41) is 3.36. The summed E-state index contributed by atoms with van der Waals surface area (Å²) >= 11 is 2.48. The Morgan fingerprint density at radius 3 is 2.52 bits per heavy atom. The standard InChI is InChI=1S/C21H24N4O6S2/c1-5-29-19(26)13-15(22)23-18(33-21(13)32-4)14(20(27)30-6-2)17-25-24-16(31-17)11-7-9-12(28-3)10-8-11/h7-10,18,25H,5-6H2,1-4H3,(H2,22,23). The first-order valence-electron chi connectivity index (χ1n) is 9.96. The van der Waals surface area contributed by atoms with Gasteiger partial charge in [0.1, 0.15) is 28.1 Å². The van der Waals surface area contributed by atoms with Crippen LogP contribution in [0.3, 0.4) is 0 Å². The number of methoxy groups -OCH3 is 1. The lowest BCUT2D eigenvalue weighted by molar-refractivity contribution is -0.139. The van der Waals surface area contributed by atoms with E-state index in [1.165, 1.54) is 23.5 Å². The number of ether oxygens (including phenoxy) is 4. The Hall–Kier alpha value is -3.12. The zero-order valence-electron chi connectivity index (χ0n) is 18.5. The van der Waals surface area contributed by atoms with Gasteiger partial charge in [0.2, 0.25) is 11.8 Å². The summed E-state index contributed by atoms with van der Waals surface area (Å²) in [6, 6.07) is 7.09. The molecule has 0 saturated heterocycles. The average Bonchev–Trinajstić information content (AvgIpc) is 3.28. The molecule has 0 radical (unpaired) electrons. The summed E-state index contributed by atoms with van der Waals surface area (Å²) in [6.45, 7) is 3.75. The Morgan fingerprint density at radius 1 is 1.21 bits per heavy atom. The number of nitrogens with zero attached hydrogens (tertiary/aromatic N) is 2. The summed E-state index contributed by atoms with van der Waals surface area (Å²) in [7, 11) is 1.57. The van der Waals surface area contributed by atoms with Gasteiger partial charge in [-0.15, -0.1) is 16.9 Å². The molecule has 10 nitrogen and oxygen atoms in total. The molecule has 0 bridgehead atoms. The summed E-state index contributed by atoms with van der Waals surface area (Å²) in [6.07, 6.45) is 1.80. The number of hydrogen-bond donors (Lipinski definition) is 2. The fourth-order valence-corrected chi connectivity index (χ4v) is 4.92. The molecule has 3 N–H and O–H groups in total. The first kappa shape index (κ1) is 24.5. The van der Waals surface area contributed by atoms with Crippen molar-refractivity contribution in [2.75, 3.05) is 26.6 Å². The van der Waals surface area contributed by atoms with E-state index in [0.717, 1.165) is 0 Å². The topological polar surface area (TPSA) is 134 Å². The molecule has 0 aliphatic carbocycles. The maximum atomic E-state index is 12.9. The highest BCUT2D eigenvalue weighted by Crippen LogP contribution is 2.41. The number of nitrogens with two attached hydrogens (primary N) is 1. The van der Waals surface area contributed by atoms with E-state index in [4.69, 9.17) is 24.7 Å². The minimum absolute atomic E-state index is 0.0294. The fraction of sp³-hybridized carbons (Fsp3) is 0.333. The lowest BCUT2D eigenvalue weighted by Crippen LogP contribution is -2.31. The maximum absolute atomic E-state index is 12.9. The van der Waals surface area contributed by atoms with Crippen LogP contribution in [0.25, 0.3) is 0 Å². The molecule has 176 valence electrons. The van der Waals surface area contributed by atoms with Crippen molar-refractivity contribution < 1.29 is 28.5 Å². The van der Waals surface area contributed by atoms with Gasteiger partial charge in [0.25, 0.3) is 0 Å². The van der Waals surface area contributed by atoms with E-state index in [0.29, 0.717) is 15.6 Å². The minimum atomic E-state index is -0.822. The van der Waals surface area contributed by atoms with Crippen LogP contribution >= 0.6 is 23.5 Å². The van der Waals surface area contributed by atoms with Gasteiger partial charge in [0.15, 0.2) is 0 Å². The molecular weight excluding hydrogens is 468 g/mol. The van der Waals surface area contributed by atoms with Gasteiger partial charge >= 0.3 is 11.9 Å². The molecule has 3 rings (SSSR count). The number of rotatable bonds is 8. The van der Waals surface area contributed by atoms with Crippen molar-refractivity contribution in [2.45, 2.75) is 19.2 Å². The Balaban J connectivity index is 1.93. The second-order valence-corrected chi connectivity index (χ2v) is 8.56. The van der Waals surface area contributed by atoms with Crippen LogP contribution in [0.1, 0.15) is 19.4 Å². The predicted octanol–water partition coefficient (Wildman–Crippen LogP) is 2.32. The molecule has 1 aromatic rings. The molecule has 1 atom stereocenters. The maximum Gasteiger partial charge on any atom is 0.343 e. The van der Waals surface area contributed by atoms with Crippen molar-refractivity contribution in [3.63, 3.8) is 0 Å². The SMILES string of the molecule is CCOC(=O)C1=C(SC)SC(C(C(=O)OCC)=C2NN=C(c3ccc(OC)cc3)O2)N=C1N. The largest absolute Gasteiger partial charge is 0.497 e. The summed E-state index contributed by atoms with van der Waals surface area (Å²) in [5.41, 5.74) is 9.80. The number of aliphatic imine (C=N–C) groups is 1. The molecule has 1 aromatic carbocycles. The zero-order chi connectivity index (χ0) is 24.0. The van der Waals surface area contributed by atoms with Crippen molar-refractivity contribution in [3.05, 3.63) is 51.1 Å². The van der Waals surface area contributed by atoms with Crippen molar-refractivity contribution in [3.8, 4) is 5.75 Å². The van der Waals surface area contributed by atoms with E-state index in [1.807, 2.05) is 0 Å². The van der Waals surface area contributed by atoms with Gasteiger partial charge in [-0.05, 0) is 44.4 Å². The lowest BCUT2D eigenvalue weighted by Gasteiger charge is -2.23. The highest BCUT2D eigenvalue weighted by atomic mass is 32.2. The van der Waals surface area contributed by atoms with Crippen molar-refractivity contribution in [1.82, 2.24) is 5.43 Å². The smallest absolute Gasteiger partial charge is 0.343 e. The number of carbonyl (C=O) groups excluding carboxylic acids is 2. The number of esters is 2. The molecule has 0 amide bonds. The number of benzene rings is 1. The number of amidine groups is 1. The van der Waals surface area contributed by atoms with Crippen molar-refractivity contribution in [2.24, 2.45) is 15.8 Å². The van der Waals surface area contributed by atoms with Crippen LogP contribution in [0, 0.1) is 0 Å². The van der Waals surface area contributed by atoms with Gasteiger partial charge in [-0.2, -0.15) is 0 Å². The van der Waals surface area contributed by atoms with Crippen LogP contribution in [0.15, 0.2) is 55.6 Å². The Labute approximate surface area is 199 Å². The van der Waals surface area contributed by atoms with Crippen LogP contribution in [0.2, 0.25) is 0 Å². The van der Waals surface area contributed by atoms with Crippen LogP contribution in [0.5, 0.6) is 5.75 Å². The summed E-state index contributed by atoms with van der Waals surface area (Å²) < 4.78 is 21.9. The molecule has 0 fully saturated rings. The van der Waals surface area contributed by atoms with Gasteiger partial charge in [-0.1, -0.05) is 11.8 Å². The molecule has 1 unspecified atom stereocenters. The van der Waals surface area contributed by atoms with Crippen LogP contribution in [-0.4, -0.2) is 55.6 Å². The third-order valence-electron chi connectivity index (χ3n) is 4.38. The van der Waals surface area contributed by atoms with Gasteiger partial charge in [-0.25, -0.2) is 20.0 Å². The van der Waals surface area contributed by atoms with E-state index in [9.17, 15) is 9.59 Å². The van der Waals surface area contributed by atoms with E-state index >= 15 is 0 Å². The van der Waals surface area contributed by atoms with E-state index in [-0.39, 0.29) is 42.0 Å². The number of nitrogens with one attached hydrogen (secondary N) is 1. The molecule has 2 heterocycles. The second kappa shape index (κ2) is 11.1. The number of hydrogen-bond acceptors (Lipinski definition) is 12. The van der Waals surface area contributed by atoms with Gasteiger partial charge < -0.3 is 24.7 Å². The molecular formula is C21H24N4O6S2. The molecule has 33 heavy (non-hydrogen) atoms. The van der Waals surface area contributed by atoms with E-state index in [1.54, 1.807) is 51.5 Å². The molecule has 12 heteroatoms. The Bertz CT molecular complexity index is 1050. The van der Waals surface area contributed by atoms with Gasteiger partial charge in [0.05, 0.1) is 24.6 Å². The third kappa shape index (κ3) is 5.45. The average molecular weight is 493 g/mol. The Kier molecular flexibility index (Phi) is 8.28. The van der Waals surface area contributed by atoms with E-state index < -0.39 is 17.3 Å². The lowest BCUT2D eigenvalue weighted by atomic mass is 10.2. The third-order valence-corrected chi connectivity index (χ3v) is 6.73. The highest BCUT2D eigenvalue weighted by molar-refractivity contribution is 8.22. The normalized spacial score (nSPS) is 19.1. The number of thioether (sulfide) groups is 2. The predicted molar refractivity (Wildman–Crippen MR) is 128 cm³/mol. The van der Waals surface area contributed by atoms with Crippen molar-refractivity contribution >= 4 is 47.2 Å². The molecule has 2 aliphatic heterocycles. The van der Waals surface area contributed by atoms with Gasteiger partial charge in [0, 0.05) is 5.56 Å². The molecule has 2 aliphatic rings.